The summed E-state index contributed by atoms with van der Waals surface area (Å²) >= 11 is 5.95. The standard InChI is InChI=1S/C11H20ClN3/c1-5-15-11(6-10(3)13-15)8-14(4)7-9(2)12/h6,9H,5,7-8H2,1-4H3. The van der Waals surface area contributed by atoms with E-state index in [-0.39, 0.29) is 5.38 Å². The first kappa shape index (κ1) is 12.5. The minimum absolute atomic E-state index is 0.189. The van der Waals surface area contributed by atoms with Gasteiger partial charge in [-0.1, -0.05) is 0 Å². The third-order valence-electron chi connectivity index (χ3n) is 2.28. The average molecular weight is 230 g/mol. The number of aryl methyl sites for hydroxylation is 2. The molecule has 0 saturated carbocycles. The first-order valence-corrected chi connectivity index (χ1v) is 5.82. The molecule has 86 valence electrons. The van der Waals surface area contributed by atoms with E-state index >= 15 is 0 Å². The highest BCUT2D eigenvalue weighted by Gasteiger charge is 2.08. The van der Waals surface area contributed by atoms with Crippen LogP contribution in [0.5, 0.6) is 0 Å². The van der Waals surface area contributed by atoms with Crippen molar-refractivity contribution in [3.8, 4) is 0 Å². The smallest absolute Gasteiger partial charge is 0.0597 e. The monoisotopic (exact) mass is 229 g/mol. The molecule has 0 aromatic carbocycles. The van der Waals surface area contributed by atoms with Crippen LogP contribution < -0.4 is 0 Å². The fourth-order valence-electron chi connectivity index (χ4n) is 1.77. The average Bonchev–Trinajstić information content (AvgIpc) is 2.44. The van der Waals surface area contributed by atoms with Gasteiger partial charge in [-0.25, -0.2) is 0 Å². The van der Waals surface area contributed by atoms with Gasteiger partial charge in [0.05, 0.1) is 11.4 Å². The zero-order chi connectivity index (χ0) is 11.4. The summed E-state index contributed by atoms with van der Waals surface area (Å²) < 4.78 is 2.05. The van der Waals surface area contributed by atoms with Gasteiger partial charge in [0.1, 0.15) is 0 Å². The van der Waals surface area contributed by atoms with E-state index in [0.29, 0.717) is 0 Å². The number of alkyl halides is 1. The molecule has 3 nitrogen and oxygen atoms in total. The van der Waals surface area contributed by atoms with Gasteiger partial charge in [0.2, 0.25) is 0 Å². The molecule has 1 aromatic rings. The molecule has 1 atom stereocenters. The molecule has 15 heavy (non-hydrogen) atoms. The number of aromatic nitrogens is 2. The first-order chi connectivity index (χ1) is 7.02. The lowest BCUT2D eigenvalue weighted by molar-refractivity contribution is 0.318. The molecular formula is C11H20ClN3. The van der Waals surface area contributed by atoms with Crippen molar-refractivity contribution >= 4 is 11.6 Å². The molecule has 0 bridgehead atoms. The molecule has 0 aliphatic carbocycles. The van der Waals surface area contributed by atoms with Crippen LogP contribution in [0.25, 0.3) is 0 Å². The lowest BCUT2D eigenvalue weighted by atomic mass is 10.3. The maximum atomic E-state index is 5.95. The molecule has 0 fully saturated rings. The number of nitrogens with zero attached hydrogens (tertiary/aromatic N) is 3. The fourth-order valence-corrected chi connectivity index (χ4v) is 2.01. The third kappa shape index (κ3) is 3.84. The van der Waals surface area contributed by atoms with Crippen molar-refractivity contribution in [2.45, 2.75) is 39.2 Å². The Bertz CT molecular complexity index is 307. The topological polar surface area (TPSA) is 21.1 Å². The lowest BCUT2D eigenvalue weighted by Crippen LogP contribution is -2.25. The van der Waals surface area contributed by atoms with Crippen molar-refractivity contribution in [3.05, 3.63) is 17.5 Å². The van der Waals surface area contributed by atoms with Gasteiger partial charge in [0.25, 0.3) is 0 Å². The molecule has 0 radical (unpaired) electrons. The van der Waals surface area contributed by atoms with Crippen LogP contribution in [0.15, 0.2) is 6.07 Å². The van der Waals surface area contributed by atoms with Crippen LogP contribution in [0, 0.1) is 6.92 Å². The molecule has 1 heterocycles. The van der Waals surface area contributed by atoms with Crippen LogP contribution in [0.2, 0.25) is 0 Å². The van der Waals surface area contributed by atoms with E-state index in [9.17, 15) is 0 Å². The van der Waals surface area contributed by atoms with Gasteiger partial charge < -0.3 is 0 Å². The van der Waals surface area contributed by atoms with Crippen LogP contribution in [-0.2, 0) is 13.1 Å². The van der Waals surface area contributed by atoms with Gasteiger partial charge >= 0.3 is 0 Å². The first-order valence-electron chi connectivity index (χ1n) is 5.38. The second-order valence-electron chi connectivity index (χ2n) is 4.07. The Kier molecular flexibility index (Phi) is 4.61. The normalized spacial score (nSPS) is 13.5. The zero-order valence-electron chi connectivity index (χ0n) is 10.00. The predicted octanol–water partition coefficient (Wildman–Crippen LogP) is 2.27. The van der Waals surface area contributed by atoms with Gasteiger partial charge in [-0.2, -0.15) is 5.10 Å². The highest BCUT2D eigenvalue weighted by atomic mass is 35.5. The molecule has 0 amide bonds. The summed E-state index contributed by atoms with van der Waals surface area (Å²) in [6.07, 6.45) is 0. The number of hydrogen-bond donors (Lipinski definition) is 0. The molecule has 1 unspecified atom stereocenters. The molecule has 0 spiro atoms. The zero-order valence-corrected chi connectivity index (χ0v) is 10.8. The summed E-state index contributed by atoms with van der Waals surface area (Å²) in [7, 11) is 2.08. The molecule has 0 saturated heterocycles. The Hall–Kier alpha value is -0.540. The van der Waals surface area contributed by atoms with Crippen LogP contribution in [0.1, 0.15) is 25.2 Å². The quantitative estimate of drug-likeness (QED) is 0.723. The van der Waals surface area contributed by atoms with Crippen molar-refractivity contribution in [1.29, 1.82) is 0 Å². The number of rotatable bonds is 5. The molecule has 1 rings (SSSR count). The van der Waals surface area contributed by atoms with Crippen molar-refractivity contribution in [1.82, 2.24) is 14.7 Å². The maximum absolute atomic E-state index is 5.95. The summed E-state index contributed by atoms with van der Waals surface area (Å²) in [5.41, 5.74) is 2.34. The van der Waals surface area contributed by atoms with Gasteiger partial charge in [0.15, 0.2) is 0 Å². The van der Waals surface area contributed by atoms with E-state index in [4.69, 9.17) is 11.6 Å². The van der Waals surface area contributed by atoms with Crippen LogP contribution in [-0.4, -0.2) is 33.6 Å². The molecule has 0 N–H and O–H groups in total. The van der Waals surface area contributed by atoms with Gasteiger partial charge in [-0.3, -0.25) is 9.58 Å². The largest absolute Gasteiger partial charge is 0.299 e. The second kappa shape index (κ2) is 5.52. The van der Waals surface area contributed by atoms with Gasteiger partial charge in [0, 0.05) is 25.0 Å². The summed E-state index contributed by atoms with van der Waals surface area (Å²) in [5.74, 6) is 0. The summed E-state index contributed by atoms with van der Waals surface area (Å²) in [5, 5.41) is 4.61. The van der Waals surface area contributed by atoms with Crippen molar-refractivity contribution in [2.75, 3.05) is 13.6 Å². The minimum atomic E-state index is 0.189. The Balaban J connectivity index is 2.62. The summed E-state index contributed by atoms with van der Waals surface area (Å²) in [6.45, 7) is 8.88. The predicted molar refractivity (Wildman–Crippen MR) is 64.3 cm³/mol. The third-order valence-corrected chi connectivity index (χ3v) is 2.42. The number of halogens is 1. The Morgan fingerprint density at radius 1 is 1.60 bits per heavy atom. The van der Waals surface area contributed by atoms with Crippen LogP contribution in [0.3, 0.4) is 0 Å². The van der Waals surface area contributed by atoms with Crippen LogP contribution >= 0.6 is 11.6 Å². The van der Waals surface area contributed by atoms with Crippen LogP contribution in [0.4, 0.5) is 0 Å². The lowest BCUT2D eigenvalue weighted by Gasteiger charge is -2.18. The van der Waals surface area contributed by atoms with E-state index in [1.54, 1.807) is 0 Å². The van der Waals surface area contributed by atoms with E-state index in [1.165, 1.54) is 5.69 Å². The van der Waals surface area contributed by atoms with E-state index < -0.39 is 0 Å². The highest BCUT2D eigenvalue weighted by molar-refractivity contribution is 6.20. The summed E-state index contributed by atoms with van der Waals surface area (Å²) in [4.78, 5) is 2.22. The maximum Gasteiger partial charge on any atom is 0.0597 e. The SMILES string of the molecule is CCn1nc(C)cc1CN(C)CC(C)Cl. The van der Waals surface area contributed by atoms with E-state index in [1.807, 2.05) is 18.5 Å². The molecule has 1 aromatic heterocycles. The molecule has 4 heteroatoms. The highest BCUT2D eigenvalue weighted by Crippen LogP contribution is 2.08. The Labute approximate surface area is 97.0 Å². The van der Waals surface area contributed by atoms with Gasteiger partial charge in [-0.15, -0.1) is 11.6 Å². The molecule has 0 aliphatic heterocycles. The van der Waals surface area contributed by atoms with Gasteiger partial charge in [-0.05, 0) is 33.9 Å². The van der Waals surface area contributed by atoms with Crippen molar-refractivity contribution in [3.63, 3.8) is 0 Å². The summed E-state index contributed by atoms with van der Waals surface area (Å²) in [6, 6.07) is 2.14. The minimum Gasteiger partial charge on any atom is -0.299 e. The second-order valence-corrected chi connectivity index (χ2v) is 4.82. The van der Waals surface area contributed by atoms with Crippen molar-refractivity contribution in [2.24, 2.45) is 0 Å². The number of hydrogen-bond acceptors (Lipinski definition) is 2. The molecular weight excluding hydrogens is 210 g/mol. The Morgan fingerprint density at radius 2 is 2.27 bits per heavy atom. The fraction of sp³-hybridized carbons (Fsp3) is 0.727. The van der Waals surface area contributed by atoms with Crippen molar-refractivity contribution < 1.29 is 0 Å². The van der Waals surface area contributed by atoms with E-state index in [2.05, 4.69) is 30.0 Å². The molecule has 0 aliphatic rings. The van der Waals surface area contributed by atoms with E-state index in [0.717, 1.165) is 25.3 Å². The Morgan fingerprint density at radius 3 is 2.80 bits per heavy atom.